The molecule has 0 aliphatic rings. The first-order chi connectivity index (χ1) is 16.6. The molecule has 8 nitrogen and oxygen atoms in total. The minimum Gasteiger partial charge on any atom is -0.345 e. The number of imidazole rings is 1. The van der Waals surface area contributed by atoms with Crippen molar-refractivity contribution in [3.63, 3.8) is 0 Å². The average Bonchev–Trinajstić information content (AvgIpc) is 3.55. The first kappa shape index (κ1) is 23.4. The molecule has 0 aliphatic heterocycles. The highest BCUT2D eigenvalue weighted by atomic mass is 16.2. The van der Waals surface area contributed by atoms with Crippen LogP contribution in [-0.4, -0.2) is 36.4 Å². The number of hydrogen-bond acceptors (Lipinski definition) is 5. The van der Waals surface area contributed by atoms with E-state index >= 15 is 0 Å². The van der Waals surface area contributed by atoms with Crippen molar-refractivity contribution >= 4 is 22.5 Å². The second-order valence-electron chi connectivity index (χ2n) is 8.49. The summed E-state index contributed by atoms with van der Waals surface area (Å²) in [6, 6.07) is 14.3. The third-order valence-electron chi connectivity index (χ3n) is 5.96. The van der Waals surface area contributed by atoms with Gasteiger partial charge in [-0.2, -0.15) is 0 Å². The largest absolute Gasteiger partial charge is 0.345 e. The van der Waals surface area contributed by atoms with E-state index in [4.69, 9.17) is 0 Å². The zero-order valence-corrected chi connectivity index (χ0v) is 19.4. The summed E-state index contributed by atoms with van der Waals surface area (Å²) in [5.41, 5.74) is 1.96. The van der Waals surface area contributed by atoms with Gasteiger partial charge in [-0.05, 0) is 29.7 Å². The van der Waals surface area contributed by atoms with Gasteiger partial charge in [0.2, 0.25) is 5.91 Å². The lowest BCUT2D eigenvalue weighted by molar-refractivity contribution is -0.122. The van der Waals surface area contributed by atoms with Crippen LogP contribution in [0.25, 0.3) is 22.0 Å². The van der Waals surface area contributed by atoms with Gasteiger partial charge in [0.15, 0.2) is 0 Å². The molecule has 8 heteroatoms. The van der Waals surface area contributed by atoms with E-state index in [9.17, 15) is 9.59 Å². The molecular formula is C26H30N6O2. The van der Waals surface area contributed by atoms with Crippen molar-refractivity contribution in [2.75, 3.05) is 0 Å². The molecule has 0 spiro atoms. The number of ketones is 1. The number of Topliss-reactive ketones (excluding diaryl/α,β-unsaturated/α-hetero) is 1. The summed E-state index contributed by atoms with van der Waals surface area (Å²) >= 11 is 0. The Bertz CT molecular complexity index is 1230. The summed E-state index contributed by atoms with van der Waals surface area (Å²) in [7, 11) is 0. The van der Waals surface area contributed by atoms with Gasteiger partial charge >= 0.3 is 0 Å². The van der Waals surface area contributed by atoms with Gasteiger partial charge in [-0.3, -0.25) is 9.59 Å². The fourth-order valence-corrected chi connectivity index (χ4v) is 4.03. The van der Waals surface area contributed by atoms with E-state index in [0.717, 1.165) is 48.2 Å². The highest BCUT2D eigenvalue weighted by Crippen LogP contribution is 2.26. The van der Waals surface area contributed by atoms with E-state index < -0.39 is 0 Å². The highest BCUT2D eigenvalue weighted by Gasteiger charge is 2.18. The maximum atomic E-state index is 12.7. The van der Waals surface area contributed by atoms with Crippen molar-refractivity contribution in [2.45, 2.75) is 58.0 Å². The standard InChI is InChI=1S/C26H30N6O2/c1-2-22(33)10-4-3-5-11-23(30-25(34)16-32-17-28-29-18-32)26-27-15-24(31-26)21-13-12-19-8-6-7-9-20(19)14-21/h6-9,12-15,17-18,23H,2-5,10-11,16H2,1H3,(H,27,31)(H,30,34)/t23-/m0/s1. The minimum absolute atomic E-state index is 0.130. The van der Waals surface area contributed by atoms with E-state index in [2.05, 4.69) is 55.8 Å². The number of amides is 1. The maximum Gasteiger partial charge on any atom is 0.240 e. The van der Waals surface area contributed by atoms with Crippen LogP contribution in [0.1, 0.15) is 57.3 Å². The first-order valence-electron chi connectivity index (χ1n) is 11.8. The molecule has 0 fully saturated rings. The number of hydrogen-bond donors (Lipinski definition) is 2. The number of carbonyl (C=O) groups is 2. The Kier molecular flexibility index (Phi) is 7.80. The Morgan fingerprint density at radius 3 is 2.62 bits per heavy atom. The second-order valence-corrected chi connectivity index (χ2v) is 8.49. The van der Waals surface area contributed by atoms with Gasteiger partial charge in [0.1, 0.15) is 30.8 Å². The van der Waals surface area contributed by atoms with Gasteiger partial charge in [-0.15, -0.1) is 10.2 Å². The second kappa shape index (κ2) is 11.4. The molecule has 0 unspecified atom stereocenters. The van der Waals surface area contributed by atoms with Crippen molar-refractivity contribution < 1.29 is 9.59 Å². The van der Waals surface area contributed by atoms with Crippen molar-refractivity contribution in [1.29, 1.82) is 0 Å². The van der Waals surface area contributed by atoms with E-state index in [1.54, 1.807) is 4.57 Å². The minimum atomic E-state index is -0.250. The highest BCUT2D eigenvalue weighted by molar-refractivity contribution is 5.86. The zero-order chi connectivity index (χ0) is 23.8. The molecule has 2 heterocycles. The topological polar surface area (TPSA) is 106 Å². The number of aromatic amines is 1. The lowest BCUT2D eigenvalue weighted by Gasteiger charge is -2.17. The number of nitrogens with one attached hydrogen (secondary N) is 2. The number of benzene rings is 2. The molecule has 0 saturated heterocycles. The Morgan fingerprint density at radius 1 is 1.03 bits per heavy atom. The smallest absolute Gasteiger partial charge is 0.240 e. The Balaban J connectivity index is 1.46. The van der Waals surface area contributed by atoms with E-state index in [1.807, 2.05) is 25.3 Å². The fourth-order valence-electron chi connectivity index (χ4n) is 4.03. The molecule has 0 saturated carbocycles. The summed E-state index contributed by atoms with van der Waals surface area (Å²) in [6.45, 7) is 2.04. The van der Waals surface area contributed by atoms with E-state index in [0.29, 0.717) is 18.6 Å². The number of fused-ring (bicyclic) bond motifs is 1. The molecule has 2 aromatic heterocycles. The first-order valence-corrected chi connectivity index (χ1v) is 11.8. The molecule has 34 heavy (non-hydrogen) atoms. The number of carbonyl (C=O) groups excluding carboxylic acids is 2. The van der Waals surface area contributed by atoms with Crippen molar-refractivity contribution in [1.82, 2.24) is 30.0 Å². The third-order valence-corrected chi connectivity index (χ3v) is 5.96. The van der Waals surface area contributed by atoms with Gasteiger partial charge in [-0.1, -0.05) is 56.2 Å². The maximum absolute atomic E-state index is 12.7. The molecule has 0 radical (unpaired) electrons. The van der Waals surface area contributed by atoms with Crippen LogP contribution in [-0.2, 0) is 16.1 Å². The average molecular weight is 459 g/mol. The zero-order valence-electron chi connectivity index (χ0n) is 19.4. The molecule has 1 amide bonds. The van der Waals surface area contributed by atoms with Crippen molar-refractivity contribution in [2.24, 2.45) is 0 Å². The summed E-state index contributed by atoms with van der Waals surface area (Å²) in [4.78, 5) is 32.2. The fraction of sp³-hybridized carbons (Fsp3) is 0.346. The number of unbranched alkanes of at least 4 members (excludes halogenated alkanes) is 2. The number of rotatable bonds is 12. The predicted octanol–water partition coefficient (Wildman–Crippen LogP) is 4.61. The normalized spacial score (nSPS) is 12.0. The van der Waals surface area contributed by atoms with Gasteiger partial charge < -0.3 is 14.9 Å². The van der Waals surface area contributed by atoms with Gasteiger partial charge in [-0.25, -0.2) is 4.98 Å². The predicted molar refractivity (Wildman–Crippen MR) is 131 cm³/mol. The Hall–Kier alpha value is -3.81. The molecule has 4 rings (SSSR count). The van der Waals surface area contributed by atoms with Crippen LogP contribution in [0.3, 0.4) is 0 Å². The summed E-state index contributed by atoms with van der Waals surface area (Å²) in [5, 5.41) is 12.9. The van der Waals surface area contributed by atoms with Crippen LogP contribution in [0.5, 0.6) is 0 Å². The van der Waals surface area contributed by atoms with Crippen LogP contribution >= 0.6 is 0 Å². The monoisotopic (exact) mass is 458 g/mol. The van der Waals surface area contributed by atoms with Crippen LogP contribution in [0.4, 0.5) is 0 Å². The summed E-state index contributed by atoms with van der Waals surface area (Å²) in [5.74, 6) is 0.893. The molecule has 0 aliphatic carbocycles. The molecule has 2 aromatic carbocycles. The Labute approximate surface area is 198 Å². The van der Waals surface area contributed by atoms with E-state index in [1.165, 1.54) is 18.0 Å². The van der Waals surface area contributed by atoms with Crippen LogP contribution in [0.2, 0.25) is 0 Å². The van der Waals surface area contributed by atoms with Gasteiger partial charge in [0.25, 0.3) is 0 Å². The number of nitrogens with zero attached hydrogens (tertiary/aromatic N) is 4. The summed E-state index contributed by atoms with van der Waals surface area (Å²) < 4.78 is 1.63. The Morgan fingerprint density at radius 2 is 1.82 bits per heavy atom. The quantitative estimate of drug-likeness (QED) is 0.302. The van der Waals surface area contributed by atoms with Crippen LogP contribution in [0.15, 0.2) is 61.3 Å². The van der Waals surface area contributed by atoms with Gasteiger partial charge in [0.05, 0.1) is 17.9 Å². The number of aromatic nitrogens is 5. The summed E-state index contributed by atoms with van der Waals surface area (Å²) in [6.07, 6.45) is 9.49. The molecule has 176 valence electrons. The van der Waals surface area contributed by atoms with Crippen LogP contribution in [0, 0.1) is 0 Å². The van der Waals surface area contributed by atoms with E-state index in [-0.39, 0.29) is 18.5 Å². The lowest BCUT2D eigenvalue weighted by Crippen LogP contribution is -2.32. The van der Waals surface area contributed by atoms with Crippen molar-refractivity contribution in [3.05, 3.63) is 67.1 Å². The lowest BCUT2D eigenvalue weighted by atomic mass is 10.0. The SMILES string of the molecule is CCC(=O)CCCCC[C@H](NC(=O)Cn1cnnc1)c1ncc(-c2ccc3ccccc3c2)[nH]1. The molecule has 1 atom stereocenters. The molecule has 0 bridgehead atoms. The molecular weight excluding hydrogens is 428 g/mol. The van der Waals surface area contributed by atoms with Gasteiger partial charge in [0, 0.05) is 18.4 Å². The number of H-pyrrole nitrogens is 1. The van der Waals surface area contributed by atoms with Crippen LogP contribution < -0.4 is 5.32 Å². The van der Waals surface area contributed by atoms with Crippen molar-refractivity contribution in [3.8, 4) is 11.3 Å². The molecule has 4 aromatic rings. The third kappa shape index (κ3) is 6.15. The molecule has 2 N–H and O–H groups in total.